The zero-order chi connectivity index (χ0) is 28.6. The molecule has 0 spiro atoms. The van der Waals surface area contributed by atoms with Crippen LogP contribution in [-0.2, 0) is 22.6 Å². The predicted molar refractivity (Wildman–Crippen MR) is 161 cm³/mol. The number of carbonyl (C=O) groups is 1. The SMILES string of the molecule is CN(CCCN)Cc1ccc(-c2ccnc(Nc3cc(CN4CCCC4C(=O)O)cc(N4CCOCC4)c3)n2)cc1. The van der Waals surface area contributed by atoms with Crippen molar-refractivity contribution in [2.75, 3.05) is 63.2 Å². The van der Waals surface area contributed by atoms with Crippen molar-refractivity contribution in [1.82, 2.24) is 19.8 Å². The molecule has 0 radical (unpaired) electrons. The summed E-state index contributed by atoms with van der Waals surface area (Å²) >= 11 is 0. The van der Waals surface area contributed by atoms with Gasteiger partial charge in [-0.2, -0.15) is 0 Å². The lowest BCUT2D eigenvalue weighted by Gasteiger charge is -2.30. The first kappa shape index (κ1) is 28.9. The lowest BCUT2D eigenvalue weighted by molar-refractivity contribution is -0.142. The number of aromatic nitrogens is 2. The Morgan fingerprint density at radius 3 is 2.68 bits per heavy atom. The summed E-state index contributed by atoms with van der Waals surface area (Å²) in [4.78, 5) is 27.7. The van der Waals surface area contributed by atoms with Crippen molar-refractivity contribution in [3.8, 4) is 11.3 Å². The first-order valence-corrected chi connectivity index (χ1v) is 14.5. The molecule has 218 valence electrons. The lowest BCUT2D eigenvalue weighted by Crippen LogP contribution is -2.37. The van der Waals surface area contributed by atoms with Crippen LogP contribution in [0.25, 0.3) is 11.3 Å². The van der Waals surface area contributed by atoms with Gasteiger partial charge in [0.25, 0.3) is 0 Å². The summed E-state index contributed by atoms with van der Waals surface area (Å²) in [5, 5.41) is 13.1. The molecule has 0 saturated carbocycles. The number of nitrogens with one attached hydrogen (secondary N) is 1. The third-order valence-electron chi connectivity index (χ3n) is 7.75. The molecule has 3 heterocycles. The van der Waals surface area contributed by atoms with E-state index in [0.717, 1.165) is 73.8 Å². The van der Waals surface area contributed by atoms with Crippen molar-refractivity contribution in [1.29, 1.82) is 0 Å². The Kier molecular flexibility index (Phi) is 9.79. The molecule has 10 nitrogen and oxygen atoms in total. The second-order valence-corrected chi connectivity index (χ2v) is 10.9. The number of benzene rings is 2. The third kappa shape index (κ3) is 7.80. The van der Waals surface area contributed by atoms with Crippen molar-refractivity contribution in [2.24, 2.45) is 5.73 Å². The Hall–Kier alpha value is -3.57. The molecule has 2 aliphatic rings. The van der Waals surface area contributed by atoms with Crippen molar-refractivity contribution < 1.29 is 14.6 Å². The van der Waals surface area contributed by atoms with Crippen LogP contribution in [0, 0.1) is 0 Å². The van der Waals surface area contributed by atoms with Crippen molar-refractivity contribution in [3.05, 3.63) is 65.9 Å². The zero-order valence-electron chi connectivity index (χ0n) is 23.8. The van der Waals surface area contributed by atoms with Crippen LogP contribution in [0.1, 0.15) is 30.4 Å². The van der Waals surface area contributed by atoms with Crippen molar-refractivity contribution >= 4 is 23.3 Å². The number of hydrogen-bond donors (Lipinski definition) is 3. The van der Waals surface area contributed by atoms with Crippen LogP contribution in [0.15, 0.2) is 54.7 Å². The summed E-state index contributed by atoms with van der Waals surface area (Å²) in [5.41, 5.74) is 11.8. The summed E-state index contributed by atoms with van der Waals surface area (Å²) in [6, 6.07) is 16.3. The molecule has 2 aromatic carbocycles. The van der Waals surface area contributed by atoms with Gasteiger partial charge in [0, 0.05) is 49.3 Å². The van der Waals surface area contributed by atoms with Crippen LogP contribution >= 0.6 is 0 Å². The Morgan fingerprint density at radius 1 is 1.12 bits per heavy atom. The molecule has 2 fully saturated rings. The molecule has 0 aliphatic carbocycles. The van der Waals surface area contributed by atoms with Crippen LogP contribution in [0.5, 0.6) is 0 Å². The number of carboxylic acids is 1. The van der Waals surface area contributed by atoms with Gasteiger partial charge in [0.05, 0.1) is 18.9 Å². The number of nitrogens with zero attached hydrogens (tertiary/aromatic N) is 5. The van der Waals surface area contributed by atoms with Crippen LogP contribution in [-0.4, -0.2) is 89.9 Å². The maximum absolute atomic E-state index is 11.8. The number of anilines is 3. The van der Waals surface area contributed by atoms with E-state index in [1.807, 2.05) is 6.07 Å². The maximum atomic E-state index is 11.8. The fraction of sp³-hybridized carbons (Fsp3) is 0.452. The number of carboxylic acid groups (broad SMARTS) is 1. The summed E-state index contributed by atoms with van der Waals surface area (Å²) in [7, 11) is 2.11. The number of likely N-dealkylation sites (tertiary alicyclic amines) is 1. The number of rotatable bonds is 12. The van der Waals surface area contributed by atoms with Crippen LogP contribution in [0.4, 0.5) is 17.3 Å². The zero-order valence-corrected chi connectivity index (χ0v) is 23.8. The summed E-state index contributed by atoms with van der Waals surface area (Å²) in [5.74, 6) is -0.232. The average Bonchev–Trinajstić information content (AvgIpc) is 3.45. The highest BCUT2D eigenvalue weighted by Gasteiger charge is 2.30. The minimum absolute atomic E-state index is 0.434. The number of ether oxygens (including phenoxy) is 1. The molecular weight excluding hydrogens is 518 g/mol. The molecule has 1 atom stereocenters. The summed E-state index contributed by atoms with van der Waals surface area (Å²) in [6.45, 7) is 6.94. The minimum atomic E-state index is -0.748. The predicted octanol–water partition coefficient (Wildman–Crippen LogP) is 3.55. The molecule has 2 saturated heterocycles. The van der Waals surface area contributed by atoms with E-state index in [1.54, 1.807) is 6.20 Å². The highest BCUT2D eigenvalue weighted by atomic mass is 16.5. The molecule has 0 amide bonds. The van der Waals surface area contributed by atoms with Crippen molar-refractivity contribution in [2.45, 2.75) is 38.4 Å². The molecule has 1 unspecified atom stereocenters. The topological polar surface area (TPSA) is 120 Å². The summed E-state index contributed by atoms with van der Waals surface area (Å²) < 4.78 is 5.56. The molecule has 1 aromatic heterocycles. The Morgan fingerprint density at radius 2 is 1.93 bits per heavy atom. The first-order chi connectivity index (χ1) is 20.0. The summed E-state index contributed by atoms with van der Waals surface area (Å²) in [6.07, 6.45) is 4.35. The van der Waals surface area contributed by atoms with Gasteiger partial charge in [-0.3, -0.25) is 9.69 Å². The number of morpholine rings is 1. The van der Waals surface area contributed by atoms with Crippen LogP contribution in [0.2, 0.25) is 0 Å². The fourth-order valence-corrected chi connectivity index (χ4v) is 5.61. The number of aliphatic carboxylic acids is 1. The fourth-order valence-electron chi connectivity index (χ4n) is 5.61. The normalized spacial score (nSPS) is 17.7. The second-order valence-electron chi connectivity index (χ2n) is 10.9. The van der Waals surface area contributed by atoms with Crippen LogP contribution < -0.4 is 16.0 Å². The number of nitrogens with two attached hydrogens (primary N) is 1. The molecule has 3 aromatic rings. The minimum Gasteiger partial charge on any atom is -0.480 e. The largest absolute Gasteiger partial charge is 0.480 e. The van der Waals surface area contributed by atoms with Gasteiger partial charge in [-0.25, -0.2) is 9.97 Å². The molecule has 10 heteroatoms. The van der Waals surface area contributed by atoms with Crippen molar-refractivity contribution in [3.63, 3.8) is 0 Å². The highest BCUT2D eigenvalue weighted by Crippen LogP contribution is 2.29. The standard InChI is InChI=1S/C31H41N7O3/c1-36(12-3-10-32)21-23-5-7-25(8-6-23)28-9-11-33-31(35-28)34-26-18-24(22-38-13-2-4-29(38)30(39)40)19-27(20-26)37-14-16-41-17-15-37/h5-9,11,18-20,29H,2-4,10,12-17,21-22,32H2,1H3,(H,39,40)(H,33,34,35). The van der Waals surface area contributed by atoms with E-state index in [1.165, 1.54) is 5.56 Å². The molecule has 5 rings (SSSR count). The Bertz CT molecular complexity index is 1300. The molecular formula is C31H41N7O3. The van der Waals surface area contributed by atoms with Gasteiger partial charge in [-0.1, -0.05) is 24.3 Å². The van der Waals surface area contributed by atoms with Gasteiger partial charge in [0.1, 0.15) is 6.04 Å². The van der Waals surface area contributed by atoms with Gasteiger partial charge in [0.2, 0.25) is 5.95 Å². The molecule has 0 bridgehead atoms. The Balaban J connectivity index is 1.34. The van der Waals surface area contributed by atoms with Gasteiger partial charge >= 0.3 is 5.97 Å². The average molecular weight is 560 g/mol. The quantitative estimate of drug-likeness (QED) is 0.304. The smallest absolute Gasteiger partial charge is 0.320 e. The second kappa shape index (κ2) is 13.9. The Labute approximate surface area is 242 Å². The van der Waals surface area contributed by atoms with E-state index in [9.17, 15) is 9.90 Å². The first-order valence-electron chi connectivity index (χ1n) is 14.5. The third-order valence-corrected chi connectivity index (χ3v) is 7.75. The molecule has 4 N–H and O–H groups in total. The van der Waals surface area contributed by atoms with Crippen LogP contribution in [0.3, 0.4) is 0 Å². The van der Waals surface area contributed by atoms with E-state index >= 15 is 0 Å². The van der Waals surface area contributed by atoms with E-state index in [2.05, 4.69) is 74.5 Å². The maximum Gasteiger partial charge on any atom is 0.320 e. The van der Waals surface area contributed by atoms with Gasteiger partial charge < -0.3 is 30.7 Å². The van der Waals surface area contributed by atoms with Gasteiger partial charge in [-0.05, 0) is 81.3 Å². The van der Waals surface area contributed by atoms with E-state index in [0.29, 0.717) is 38.7 Å². The lowest BCUT2D eigenvalue weighted by atomic mass is 10.1. The van der Waals surface area contributed by atoms with E-state index in [-0.39, 0.29) is 0 Å². The van der Waals surface area contributed by atoms with Gasteiger partial charge in [0.15, 0.2) is 0 Å². The molecule has 2 aliphatic heterocycles. The van der Waals surface area contributed by atoms with E-state index in [4.69, 9.17) is 15.5 Å². The van der Waals surface area contributed by atoms with E-state index < -0.39 is 12.0 Å². The highest BCUT2D eigenvalue weighted by molar-refractivity contribution is 5.74. The monoisotopic (exact) mass is 559 g/mol. The number of hydrogen-bond acceptors (Lipinski definition) is 9. The van der Waals surface area contributed by atoms with Gasteiger partial charge in [-0.15, -0.1) is 0 Å². The molecule has 41 heavy (non-hydrogen) atoms.